The second-order valence-corrected chi connectivity index (χ2v) is 5.78. The summed E-state index contributed by atoms with van der Waals surface area (Å²) in [5.41, 5.74) is 6.73. The van der Waals surface area contributed by atoms with E-state index in [0.29, 0.717) is 11.2 Å². The van der Waals surface area contributed by atoms with Gasteiger partial charge in [0.25, 0.3) is 0 Å². The van der Waals surface area contributed by atoms with Gasteiger partial charge in [-0.15, -0.1) is 11.7 Å². The van der Waals surface area contributed by atoms with Crippen LogP contribution in [0.25, 0.3) is 11.2 Å². The fourth-order valence-electron chi connectivity index (χ4n) is 2.26. The van der Waals surface area contributed by atoms with Gasteiger partial charge in [-0.2, -0.15) is 0 Å². The number of ether oxygens (including phenoxy) is 1. The molecule has 0 aliphatic carbocycles. The molecule has 10 heteroatoms. The van der Waals surface area contributed by atoms with Crippen molar-refractivity contribution in [2.24, 2.45) is 0 Å². The van der Waals surface area contributed by atoms with E-state index in [1.807, 2.05) is 0 Å². The molecular weight excluding hydrogens is 302 g/mol. The van der Waals surface area contributed by atoms with Gasteiger partial charge >= 0.3 is 0 Å². The first-order valence-corrected chi connectivity index (χ1v) is 7.78. The Morgan fingerprint density at radius 1 is 1.45 bits per heavy atom. The van der Waals surface area contributed by atoms with Crippen molar-refractivity contribution >= 4 is 39.4 Å². The first-order valence-electron chi connectivity index (χ1n) is 5.85. The first-order chi connectivity index (χ1) is 9.67. The zero-order valence-corrected chi connectivity index (χ0v) is 11.9. The minimum Gasteiger partial charge on any atom is -0.394 e. The van der Waals surface area contributed by atoms with Crippen molar-refractivity contribution in [3.63, 3.8) is 0 Å². The van der Waals surface area contributed by atoms with E-state index in [9.17, 15) is 10.2 Å². The van der Waals surface area contributed by atoms with Crippen LogP contribution in [0.5, 0.6) is 0 Å². The number of nitrogens with two attached hydrogens (primary N) is 1. The molecule has 1 aliphatic heterocycles. The Labute approximate surface area is 123 Å². The second-order valence-electron chi connectivity index (χ2n) is 4.39. The molecule has 4 N–H and O–H groups in total. The Balaban J connectivity index is 2.04. The molecule has 0 aromatic carbocycles. The molecule has 0 radical (unpaired) electrons. The highest BCUT2D eigenvalue weighted by Crippen LogP contribution is 2.40. The number of anilines is 1. The fourth-order valence-corrected chi connectivity index (χ4v) is 3.55. The number of nitrogen functional groups attached to an aromatic ring is 1. The van der Waals surface area contributed by atoms with Gasteiger partial charge in [-0.25, -0.2) is 15.0 Å². The maximum absolute atomic E-state index is 10.1. The summed E-state index contributed by atoms with van der Waals surface area (Å²) in [7, 11) is 1.16. The lowest BCUT2D eigenvalue weighted by Gasteiger charge is -2.18. The predicted octanol–water partition coefficient (Wildman–Crippen LogP) is -0.394. The number of nitrogens with zero attached hydrogens (tertiary/aromatic N) is 4. The lowest BCUT2D eigenvalue weighted by Crippen LogP contribution is -2.30. The minimum atomic E-state index is -0.830. The number of imidazole rings is 1. The van der Waals surface area contributed by atoms with Crippen LogP contribution in [0, 0.1) is 0 Å². The average Bonchev–Trinajstić information content (AvgIpc) is 3.00. The molecule has 0 saturated carbocycles. The molecule has 2 aromatic rings. The van der Waals surface area contributed by atoms with Gasteiger partial charge in [0.2, 0.25) is 0 Å². The zero-order valence-electron chi connectivity index (χ0n) is 10.2. The molecule has 1 unspecified atom stereocenters. The topological polar surface area (TPSA) is 119 Å². The molecule has 0 spiro atoms. The Morgan fingerprint density at radius 3 is 2.95 bits per heavy atom. The standard InChI is InChI=1S/C10H13N5O3S2/c11-8-5-9(13-2-12-8)15(3-14-5)10-7(20-19)6(17)4(1-16)18-10/h2-4,6-7,10,16-17,19H,1H2,(H2,11,12,13)/t4-,6+,7?,10-/m1/s1. The maximum Gasteiger partial charge on any atom is 0.167 e. The van der Waals surface area contributed by atoms with Crippen LogP contribution >= 0.6 is 22.5 Å². The van der Waals surface area contributed by atoms with Crippen LogP contribution in [-0.2, 0) is 4.74 Å². The summed E-state index contributed by atoms with van der Waals surface area (Å²) in [5.74, 6) is 0.279. The summed E-state index contributed by atoms with van der Waals surface area (Å²) in [4.78, 5) is 12.2. The number of aliphatic hydroxyl groups is 2. The average molecular weight is 315 g/mol. The third-order valence-electron chi connectivity index (χ3n) is 3.28. The van der Waals surface area contributed by atoms with Gasteiger partial charge in [0, 0.05) is 0 Å². The zero-order chi connectivity index (χ0) is 14.3. The second kappa shape index (κ2) is 5.37. The summed E-state index contributed by atoms with van der Waals surface area (Å²) in [6.45, 7) is -0.272. The molecular formula is C10H13N5O3S2. The third-order valence-corrected chi connectivity index (χ3v) is 4.76. The smallest absolute Gasteiger partial charge is 0.167 e. The number of aliphatic hydroxyl groups excluding tert-OH is 2. The van der Waals surface area contributed by atoms with Crippen LogP contribution in [0.3, 0.4) is 0 Å². The Kier molecular flexibility index (Phi) is 3.73. The molecule has 4 atom stereocenters. The van der Waals surface area contributed by atoms with E-state index in [2.05, 4.69) is 26.6 Å². The van der Waals surface area contributed by atoms with E-state index < -0.39 is 18.4 Å². The molecule has 1 saturated heterocycles. The largest absolute Gasteiger partial charge is 0.394 e. The number of fused-ring (bicyclic) bond motifs is 1. The normalized spacial score (nSPS) is 30.1. The fraction of sp³-hybridized carbons (Fsp3) is 0.500. The maximum atomic E-state index is 10.1. The molecule has 20 heavy (non-hydrogen) atoms. The van der Waals surface area contributed by atoms with Gasteiger partial charge in [-0.05, 0) is 0 Å². The molecule has 0 amide bonds. The van der Waals surface area contributed by atoms with Crippen LogP contribution in [0.4, 0.5) is 5.82 Å². The lowest BCUT2D eigenvalue weighted by molar-refractivity contribution is -0.0430. The van der Waals surface area contributed by atoms with Gasteiger partial charge in [0.05, 0.1) is 24.3 Å². The first kappa shape index (κ1) is 13.9. The van der Waals surface area contributed by atoms with Crippen molar-refractivity contribution in [2.75, 3.05) is 12.3 Å². The highest BCUT2D eigenvalue weighted by atomic mass is 33.1. The summed E-state index contributed by atoms with van der Waals surface area (Å²) in [6, 6.07) is 0. The summed E-state index contributed by atoms with van der Waals surface area (Å²) in [6.07, 6.45) is 0.839. The van der Waals surface area contributed by atoms with E-state index >= 15 is 0 Å². The van der Waals surface area contributed by atoms with E-state index in [1.165, 1.54) is 12.7 Å². The van der Waals surface area contributed by atoms with Gasteiger partial charge in [-0.3, -0.25) is 4.57 Å². The number of hydrogen-bond acceptors (Lipinski definition) is 9. The van der Waals surface area contributed by atoms with E-state index in [-0.39, 0.29) is 17.7 Å². The summed E-state index contributed by atoms with van der Waals surface area (Å²) < 4.78 is 7.34. The van der Waals surface area contributed by atoms with Crippen molar-refractivity contribution in [1.82, 2.24) is 19.5 Å². The predicted molar refractivity (Wildman–Crippen MR) is 77.1 cm³/mol. The molecule has 0 bridgehead atoms. The number of thiol groups is 1. The van der Waals surface area contributed by atoms with Crippen LogP contribution < -0.4 is 5.73 Å². The monoisotopic (exact) mass is 315 g/mol. The van der Waals surface area contributed by atoms with Crippen LogP contribution in [0.15, 0.2) is 12.7 Å². The van der Waals surface area contributed by atoms with Gasteiger partial charge in [0.15, 0.2) is 17.7 Å². The number of rotatable bonds is 3. The van der Waals surface area contributed by atoms with Crippen molar-refractivity contribution in [3.8, 4) is 0 Å². The van der Waals surface area contributed by atoms with Crippen molar-refractivity contribution in [2.45, 2.75) is 23.7 Å². The third kappa shape index (κ3) is 2.04. The number of aromatic nitrogens is 4. The summed E-state index contributed by atoms with van der Waals surface area (Å²) in [5, 5.41) is 19.0. The number of hydrogen-bond donors (Lipinski definition) is 4. The molecule has 1 aliphatic rings. The van der Waals surface area contributed by atoms with Crippen molar-refractivity contribution in [3.05, 3.63) is 12.7 Å². The van der Waals surface area contributed by atoms with Gasteiger partial charge < -0.3 is 20.7 Å². The Morgan fingerprint density at radius 2 is 2.25 bits per heavy atom. The quantitative estimate of drug-likeness (QED) is 0.446. The molecule has 1 fully saturated rings. The highest BCUT2D eigenvalue weighted by molar-refractivity contribution is 8.68. The Bertz CT molecular complexity index is 624. The minimum absolute atomic E-state index is 0.272. The highest BCUT2D eigenvalue weighted by Gasteiger charge is 2.44. The van der Waals surface area contributed by atoms with E-state index in [4.69, 9.17) is 10.5 Å². The lowest BCUT2D eigenvalue weighted by atomic mass is 10.2. The van der Waals surface area contributed by atoms with Gasteiger partial charge in [0.1, 0.15) is 17.9 Å². The Hall–Kier alpha value is -1.07. The van der Waals surface area contributed by atoms with Crippen LogP contribution in [0.2, 0.25) is 0 Å². The van der Waals surface area contributed by atoms with Crippen molar-refractivity contribution in [1.29, 1.82) is 0 Å². The molecule has 3 rings (SSSR count). The molecule has 3 heterocycles. The van der Waals surface area contributed by atoms with E-state index in [0.717, 1.165) is 10.8 Å². The molecule has 8 nitrogen and oxygen atoms in total. The van der Waals surface area contributed by atoms with Crippen molar-refractivity contribution < 1.29 is 14.9 Å². The molecule has 2 aromatic heterocycles. The van der Waals surface area contributed by atoms with Crippen LogP contribution in [-0.4, -0.2) is 53.8 Å². The van der Waals surface area contributed by atoms with Crippen LogP contribution in [0.1, 0.15) is 6.23 Å². The molecule has 108 valence electrons. The van der Waals surface area contributed by atoms with E-state index in [1.54, 1.807) is 4.57 Å². The van der Waals surface area contributed by atoms with Gasteiger partial charge in [-0.1, -0.05) is 10.8 Å². The summed E-state index contributed by atoms with van der Waals surface area (Å²) >= 11 is 4.16. The SMILES string of the molecule is Nc1ncnc2c1ncn2[C@@H]1O[C@H](CO)[C@H](O)C1SS.